The second kappa shape index (κ2) is 7.65. The topological polar surface area (TPSA) is 21.3 Å². The van der Waals surface area contributed by atoms with Crippen LogP contribution >= 0.6 is 0 Å². The van der Waals surface area contributed by atoms with Crippen molar-refractivity contribution in [1.82, 2.24) is 5.32 Å². The molecule has 2 heteroatoms. The number of rotatable bonds is 6. The van der Waals surface area contributed by atoms with E-state index in [4.69, 9.17) is 4.74 Å². The van der Waals surface area contributed by atoms with Crippen LogP contribution in [0.5, 0.6) is 5.75 Å². The molecule has 0 heterocycles. The molecule has 2 nitrogen and oxygen atoms in total. The summed E-state index contributed by atoms with van der Waals surface area (Å²) in [6.07, 6.45) is 1.06. The molecule has 0 saturated carbocycles. The van der Waals surface area contributed by atoms with E-state index >= 15 is 0 Å². The smallest absolute Gasteiger partial charge is 0.118 e. The maximum atomic E-state index is 5.23. The fourth-order valence-corrected chi connectivity index (χ4v) is 2.70. The first kappa shape index (κ1) is 17.6. The molecule has 1 atom stereocenters. The molecule has 124 valence electrons. The van der Waals surface area contributed by atoms with Gasteiger partial charge in [0, 0.05) is 12.6 Å². The SMILES string of the molecule is CCC(NCc1ccc(C(C)(C)C)cc1)c1ccc(OC)cc1. The van der Waals surface area contributed by atoms with Crippen LogP contribution in [0.4, 0.5) is 0 Å². The van der Waals surface area contributed by atoms with Crippen LogP contribution in [0.3, 0.4) is 0 Å². The molecule has 0 bridgehead atoms. The third-order valence-corrected chi connectivity index (χ3v) is 4.30. The first-order valence-corrected chi connectivity index (χ1v) is 8.40. The molecule has 0 aliphatic carbocycles. The monoisotopic (exact) mass is 311 g/mol. The van der Waals surface area contributed by atoms with Crippen molar-refractivity contribution in [1.29, 1.82) is 0 Å². The normalized spacial score (nSPS) is 12.9. The van der Waals surface area contributed by atoms with E-state index in [9.17, 15) is 0 Å². The Kier molecular flexibility index (Phi) is 5.84. The third kappa shape index (κ3) is 4.84. The molecule has 0 aliphatic rings. The van der Waals surface area contributed by atoms with Crippen molar-refractivity contribution < 1.29 is 4.74 Å². The van der Waals surface area contributed by atoms with Crippen molar-refractivity contribution >= 4 is 0 Å². The number of methoxy groups -OCH3 is 1. The number of ether oxygens (including phenoxy) is 1. The van der Waals surface area contributed by atoms with Crippen LogP contribution < -0.4 is 10.1 Å². The van der Waals surface area contributed by atoms with E-state index in [1.807, 2.05) is 12.1 Å². The van der Waals surface area contributed by atoms with Gasteiger partial charge in [0.05, 0.1) is 7.11 Å². The highest BCUT2D eigenvalue weighted by atomic mass is 16.5. The molecule has 0 spiro atoms. The van der Waals surface area contributed by atoms with Gasteiger partial charge in [0.15, 0.2) is 0 Å². The van der Waals surface area contributed by atoms with Crippen LogP contribution in [-0.2, 0) is 12.0 Å². The summed E-state index contributed by atoms with van der Waals surface area (Å²) in [5.74, 6) is 0.904. The second-order valence-electron chi connectivity index (χ2n) is 7.06. The second-order valence-corrected chi connectivity index (χ2v) is 7.06. The highest BCUT2D eigenvalue weighted by Gasteiger charge is 2.13. The molecule has 0 fully saturated rings. The molecular weight excluding hydrogens is 282 g/mol. The molecule has 0 aliphatic heterocycles. The minimum absolute atomic E-state index is 0.209. The number of nitrogens with one attached hydrogen (secondary N) is 1. The van der Waals surface area contributed by atoms with Gasteiger partial charge in [-0.1, -0.05) is 64.1 Å². The minimum Gasteiger partial charge on any atom is -0.497 e. The van der Waals surface area contributed by atoms with Gasteiger partial charge in [-0.2, -0.15) is 0 Å². The molecule has 0 aromatic heterocycles. The van der Waals surface area contributed by atoms with Crippen LogP contribution in [0.1, 0.15) is 56.8 Å². The molecular formula is C21H29NO. The van der Waals surface area contributed by atoms with E-state index in [2.05, 4.69) is 69.4 Å². The van der Waals surface area contributed by atoms with Gasteiger partial charge in [0.2, 0.25) is 0 Å². The van der Waals surface area contributed by atoms with E-state index in [1.165, 1.54) is 16.7 Å². The average Bonchev–Trinajstić information content (AvgIpc) is 2.55. The highest BCUT2D eigenvalue weighted by molar-refractivity contribution is 5.30. The Hall–Kier alpha value is -1.80. The molecule has 1 unspecified atom stereocenters. The number of benzene rings is 2. The summed E-state index contributed by atoms with van der Waals surface area (Å²) in [6.45, 7) is 9.84. The van der Waals surface area contributed by atoms with Gasteiger partial charge in [-0.05, 0) is 40.7 Å². The average molecular weight is 311 g/mol. The Morgan fingerprint density at radius 3 is 2.04 bits per heavy atom. The fraction of sp³-hybridized carbons (Fsp3) is 0.429. The molecule has 0 amide bonds. The molecule has 1 N–H and O–H groups in total. The summed E-state index contributed by atoms with van der Waals surface area (Å²) in [7, 11) is 1.70. The zero-order valence-electron chi connectivity index (χ0n) is 15.0. The zero-order chi connectivity index (χ0) is 16.9. The Balaban J connectivity index is 1.99. The molecule has 2 aromatic carbocycles. The van der Waals surface area contributed by atoms with Gasteiger partial charge >= 0.3 is 0 Å². The standard InChI is InChI=1S/C21H29NO/c1-6-20(17-9-13-19(23-5)14-10-17)22-15-16-7-11-18(12-8-16)21(2,3)4/h7-14,20,22H,6,15H2,1-5H3. The maximum absolute atomic E-state index is 5.23. The van der Waals surface area contributed by atoms with Gasteiger partial charge in [-0.25, -0.2) is 0 Å². The lowest BCUT2D eigenvalue weighted by Crippen LogP contribution is -2.20. The van der Waals surface area contributed by atoms with E-state index in [-0.39, 0.29) is 5.41 Å². The summed E-state index contributed by atoms with van der Waals surface area (Å²) in [4.78, 5) is 0. The Bertz CT molecular complexity index is 593. The summed E-state index contributed by atoms with van der Waals surface area (Å²) in [5.41, 5.74) is 4.22. The van der Waals surface area contributed by atoms with Gasteiger partial charge in [-0.3, -0.25) is 0 Å². The fourth-order valence-electron chi connectivity index (χ4n) is 2.70. The first-order valence-electron chi connectivity index (χ1n) is 8.40. The summed E-state index contributed by atoms with van der Waals surface area (Å²) in [5, 5.41) is 3.66. The van der Waals surface area contributed by atoms with Crippen LogP contribution in [0.2, 0.25) is 0 Å². The predicted octanol–water partition coefficient (Wildman–Crippen LogP) is 5.23. The van der Waals surface area contributed by atoms with E-state index in [0.29, 0.717) is 6.04 Å². The third-order valence-electron chi connectivity index (χ3n) is 4.30. The molecule has 0 radical (unpaired) electrons. The maximum Gasteiger partial charge on any atom is 0.118 e. The number of hydrogen-bond acceptors (Lipinski definition) is 2. The van der Waals surface area contributed by atoms with E-state index < -0.39 is 0 Å². The summed E-state index contributed by atoms with van der Waals surface area (Å²) >= 11 is 0. The molecule has 23 heavy (non-hydrogen) atoms. The van der Waals surface area contributed by atoms with Crippen molar-refractivity contribution in [3.05, 3.63) is 65.2 Å². The lowest BCUT2D eigenvalue weighted by molar-refractivity contribution is 0.414. The van der Waals surface area contributed by atoms with Crippen LogP contribution in [-0.4, -0.2) is 7.11 Å². The Morgan fingerprint density at radius 2 is 1.57 bits per heavy atom. The van der Waals surface area contributed by atoms with E-state index in [0.717, 1.165) is 18.7 Å². The lowest BCUT2D eigenvalue weighted by atomic mass is 9.87. The van der Waals surface area contributed by atoms with Gasteiger partial charge in [-0.15, -0.1) is 0 Å². The minimum atomic E-state index is 0.209. The van der Waals surface area contributed by atoms with Crippen molar-refractivity contribution in [2.24, 2.45) is 0 Å². The largest absolute Gasteiger partial charge is 0.497 e. The first-order chi connectivity index (χ1) is 10.9. The Labute approximate surface area is 140 Å². The van der Waals surface area contributed by atoms with Crippen LogP contribution in [0.25, 0.3) is 0 Å². The van der Waals surface area contributed by atoms with Crippen molar-refractivity contribution in [3.63, 3.8) is 0 Å². The predicted molar refractivity (Wildman–Crippen MR) is 98.0 cm³/mol. The van der Waals surface area contributed by atoms with Crippen LogP contribution in [0.15, 0.2) is 48.5 Å². The summed E-state index contributed by atoms with van der Waals surface area (Å²) < 4.78 is 5.23. The van der Waals surface area contributed by atoms with Crippen molar-refractivity contribution in [3.8, 4) is 5.75 Å². The van der Waals surface area contributed by atoms with Crippen molar-refractivity contribution in [2.45, 2.75) is 52.1 Å². The zero-order valence-corrected chi connectivity index (χ0v) is 15.0. The van der Waals surface area contributed by atoms with Crippen molar-refractivity contribution in [2.75, 3.05) is 7.11 Å². The molecule has 0 saturated heterocycles. The highest BCUT2D eigenvalue weighted by Crippen LogP contribution is 2.23. The van der Waals surface area contributed by atoms with Gasteiger partial charge in [0.25, 0.3) is 0 Å². The van der Waals surface area contributed by atoms with E-state index in [1.54, 1.807) is 7.11 Å². The quantitative estimate of drug-likeness (QED) is 0.788. The van der Waals surface area contributed by atoms with Gasteiger partial charge in [0.1, 0.15) is 5.75 Å². The Morgan fingerprint density at radius 1 is 0.957 bits per heavy atom. The lowest BCUT2D eigenvalue weighted by Gasteiger charge is -2.20. The summed E-state index contributed by atoms with van der Waals surface area (Å²) in [6, 6.07) is 17.6. The molecule has 2 rings (SSSR count). The molecule has 2 aromatic rings. The van der Waals surface area contributed by atoms with Gasteiger partial charge < -0.3 is 10.1 Å². The van der Waals surface area contributed by atoms with Crippen LogP contribution in [0, 0.1) is 0 Å². The number of hydrogen-bond donors (Lipinski definition) is 1.